The number of carbonyl (C=O) groups is 1. The Kier molecular flexibility index (Phi) is 8.62. The predicted molar refractivity (Wildman–Crippen MR) is 114 cm³/mol. The maximum atomic E-state index is 12.7. The SMILES string of the molecule is CCCCN(CCCC)c1ccc(C(=O)C(O)c2ccc(Cl)cc2Cl)cc1. The number of aliphatic hydroxyl groups is 1. The number of unbranched alkanes of at least 4 members (excludes halogenated alkanes) is 2. The topological polar surface area (TPSA) is 40.5 Å². The highest BCUT2D eigenvalue weighted by Crippen LogP contribution is 2.29. The Hall–Kier alpha value is -1.55. The maximum absolute atomic E-state index is 12.7. The molecule has 0 aromatic heterocycles. The fourth-order valence-corrected chi connectivity index (χ4v) is 3.44. The lowest BCUT2D eigenvalue weighted by atomic mass is 9.99. The van der Waals surface area contributed by atoms with E-state index >= 15 is 0 Å². The molecule has 0 aliphatic rings. The van der Waals surface area contributed by atoms with Crippen LogP contribution in [-0.2, 0) is 0 Å². The maximum Gasteiger partial charge on any atom is 0.195 e. The molecular weight excluding hydrogens is 381 g/mol. The molecule has 3 nitrogen and oxygen atoms in total. The van der Waals surface area contributed by atoms with Gasteiger partial charge in [-0.15, -0.1) is 0 Å². The Morgan fingerprint density at radius 3 is 2.11 bits per heavy atom. The van der Waals surface area contributed by atoms with Crippen molar-refractivity contribution in [1.82, 2.24) is 0 Å². The Morgan fingerprint density at radius 2 is 1.59 bits per heavy atom. The third-order valence-corrected chi connectivity index (χ3v) is 5.15. The summed E-state index contributed by atoms with van der Waals surface area (Å²) in [4.78, 5) is 15.0. The number of halogens is 2. The summed E-state index contributed by atoms with van der Waals surface area (Å²) in [6.45, 7) is 6.38. The summed E-state index contributed by atoms with van der Waals surface area (Å²) in [5, 5.41) is 11.2. The molecule has 2 aromatic carbocycles. The molecule has 0 spiro atoms. The highest BCUT2D eigenvalue weighted by Gasteiger charge is 2.22. The molecular formula is C22H27Cl2NO2. The highest BCUT2D eigenvalue weighted by atomic mass is 35.5. The van der Waals surface area contributed by atoms with E-state index in [9.17, 15) is 9.90 Å². The number of Topliss-reactive ketones (excluding diaryl/α,β-unsaturated/α-hetero) is 1. The van der Waals surface area contributed by atoms with Crippen LogP contribution in [0.1, 0.15) is 61.6 Å². The van der Waals surface area contributed by atoms with Gasteiger partial charge >= 0.3 is 0 Å². The van der Waals surface area contributed by atoms with Crippen LogP contribution in [0.25, 0.3) is 0 Å². The van der Waals surface area contributed by atoms with Crippen LogP contribution in [0.15, 0.2) is 42.5 Å². The average molecular weight is 408 g/mol. The van der Waals surface area contributed by atoms with Crippen molar-refractivity contribution in [2.24, 2.45) is 0 Å². The Labute approximate surface area is 171 Å². The number of ketones is 1. The summed E-state index contributed by atoms with van der Waals surface area (Å²) in [5.74, 6) is -0.376. The summed E-state index contributed by atoms with van der Waals surface area (Å²) in [6.07, 6.45) is 3.26. The first kappa shape index (κ1) is 21.7. The molecule has 1 N–H and O–H groups in total. The zero-order chi connectivity index (χ0) is 19.8. The third-order valence-electron chi connectivity index (χ3n) is 4.59. The van der Waals surface area contributed by atoms with E-state index in [1.54, 1.807) is 24.3 Å². The fourth-order valence-electron chi connectivity index (χ4n) is 2.93. The van der Waals surface area contributed by atoms with Crippen molar-refractivity contribution in [3.05, 3.63) is 63.6 Å². The van der Waals surface area contributed by atoms with Gasteiger partial charge in [0.2, 0.25) is 0 Å². The quantitative estimate of drug-likeness (QED) is 0.468. The zero-order valence-electron chi connectivity index (χ0n) is 15.9. The number of carbonyl (C=O) groups excluding carboxylic acids is 1. The number of anilines is 1. The van der Waals surface area contributed by atoms with Gasteiger partial charge in [-0.25, -0.2) is 0 Å². The van der Waals surface area contributed by atoms with Gasteiger partial charge in [-0.2, -0.15) is 0 Å². The number of hydrogen-bond acceptors (Lipinski definition) is 3. The minimum absolute atomic E-state index is 0.283. The van der Waals surface area contributed by atoms with E-state index in [0.717, 1.165) is 44.5 Å². The van der Waals surface area contributed by atoms with E-state index < -0.39 is 6.10 Å². The Balaban J connectivity index is 2.15. The number of nitrogens with zero attached hydrogens (tertiary/aromatic N) is 1. The monoisotopic (exact) mass is 407 g/mol. The van der Waals surface area contributed by atoms with Gasteiger partial charge in [0.1, 0.15) is 6.10 Å². The van der Waals surface area contributed by atoms with Gasteiger partial charge in [0, 0.05) is 39.9 Å². The second kappa shape index (κ2) is 10.7. The van der Waals surface area contributed by atoms with Gasteiger partial charge in [0.05, 0.1) is 0 Å². The van der Waals surface area contributed by atoms with Gasteiger partial charge in [-0.1, -0.05) is 56.0 Å². The largest absolute Gasteiger partial charge is 0.380 e. The van der Waals surface area contributed by atoms with Crippen LogP contribution in [0, 0.1) is 0 Å². The molecule has 2 rings (SSSR count). The molecule has 0 aliphatic heterocycles. The van der Waals surface area contributed by atoms with Crippen LogP contribution >= 0.6 is 23.2 Å². The van der Waals surface area contributed by atoms with Crippen LogP contribution < -0.4 is 4.90 Å². The van der Waals surface area contributed by atoms with E-state index in [4.69, 9.17) is 23.2 Å². The van der Waals surface area contributed by atoms with Crippen molar-refractivity contribution in [3.8, 4) is 0 Å². The molecule has 2 aromatic rings. The van der Waals surface area contributed by atoms with Crippen molar-refractivity contribution in [1.29, 1.82) is 0 Å². The van der Waals surface area contributed by atoms with E-state index in [1.807, 2.05) is 12.1 Å². The van der Waals surface area contributed by atoms with Gasteiger partial charge < -0.3 is 10.0 Å². The molecule has 0 aliphatic carbocycles. The molecule has 0 heterocycles. The normalized spacial score (nSPS) is 12.0. The summed E-state index contributed by atoms with van der Waals surface area (Å²) in [6, 6.07) is 12.2. The molecule has 5 heteroatoms. The van der Waals surface area contributed by atoms with Gasteiger partial charge in [-0.3, -0.25) is 4.79 Å². The van der Waals surface area contributed by atoms with Crippen LogP contribution in [0.5, 0.6) is 0 Å². The lowest BCUT2D eigenvalue weighted by Crippen LogP contribution is -2.25. The molecule has 0 fully saturated rings. The predicted octanol–water partition coefficient (Wildman–Crippen LogP) is 6.32. The lowest BCUT2D eigenvalue weighted by molar-refractivity contribution is 0.0747. The second-order valence-electron chi connectivity index (χ2n) is 6.67. The number of aliphatic hydroxyl groups excluding tert-OH is 1. The third kappa shape index (κ3) is 5.97. The second-order valence-corrected chi connectivity index (χ2v) is 7.52. The summed E-state index contributed by atoms with van der Waals surface area (Å²) < 4.78 is 0. The van der Waals surface area contributed by atoms with Crippen molar-refractivity contribution < 1.29 is 9.90 Å². The van der Waals surface area contributed by atoms with Crippen molar-refractivity contribution in [3.63, 3.8) is 0 Å². The number of benzene rings is 2. The Morgan fingerprint density at radius 1 is 1.00 bits per heavy atom. The van der Waals surface area contributed by atoms with E-state index in [2.05, 4.69) is 18.7 Å². The smallest absolute Gasteiger partial charge is 0.195 e. The molecule has 0 saturated carbocycles. The van der Waals surface area contributed by atoms with E-state index in [-0.39, 0.29) is 10.8 Å². The van der Waals surface area contributed by atoms with Gasteiger partial charge in [0.15, 0.2) is 5.78 Å². The lowest BCUT2D eigenvalue weighted by Gasteiger charge is -2.25. The Bertz CT molecular complexity index is 738. The van der Waals surface area contributed by atoms with Crippen LogP contribution in [0.2, 0.25) is 10.0 Å². The van der Waals surface area contributed by atoms with Crippen molar-refractivity contribution in [2.45, 2.75) is 45.6 Å². The number of rotatable bonds is 10. The average Bonchev–Trinajstić information content (AvgIpc) is 2.67. The van der Waals surface area contributed by atoms with Gasteiger partial charge in [0.25, 0.3) is 0 Å². The molecule has 146 valence electrons. The minimum atomic E-state index is -1.31. The summed E-state index contributed by atoms with van der Waals surface area (Å²) >= 11 is 12.0. The summed E-state index contributed by atoms with van der Waals surface area (Å²) in [5.41, 5.74) is 1.93. The molecule has 1 unspecified atom stereocenters. The van der Waals surface area contributed by atoms with E-state index in [1.165, 1.54) is 6.07 Å². The first-order chi connectivity index (χ1) is 13.0. The first-order valence-corrected chi connectivity index (χ1v) is 10.3. The molecule has 1 atom stereocenters. The molecule has 27 heavy (non-hydrogen) atoms. The molecule has 0 amide bonds. The fraction of sp³-hybridized carbons (Fsp3) is 0.409. The van der Waals surface area contributed by atoms with Crippen LogP contribution in [0.4, 0.5) is 5.69 Å². The molecule has 0 saturated heterocycles. The minimum Gasteiger partial charge on any atom is -0.380 e. The summed E-state index contributed by atoms with van der Waals surface area (Å²) in [7, 11) is 0. The first-order valence-electron chi connectivity index (χ1n) is 9.50. The molecule has 0 bridgehead atoms. The highest BCUT2D eigenvalue weighted by molar-refractivity contribution is 6.35. The van der Waals surface area contributed by atoms with Gasteiger partial charge in [-0.05, 0) is 49.2 Å². The zero-order valence-corrected chi connectivity index (χ0v) is 17.4. The molecule has 0 radical (unpaired) electrons. The number of hydrogen-bond donors (Lipinski definition) is 1. The standard InChI is InChI=1S/C22H27Cl2NO2/c1-3-5-13-25(14-6-4-2)18-10-7-16(8-11-18)21(26)22(27)19-12-9-17(23)15-20(19)24/h7-12,15,22,27H,3-6,13-14H2,1-2H3. The van der Waals surface area contributed by atoms with E-state index in [0.29, 0.717) is 16.1 Å². The van der Waals surface area contributed by atoms with Crippen molar-refractivity contribution in [2.75, 3.05) is 18.0 Å². The van der Waals surface area contributed by atoms with Crippen LogP contribution in [0.3, 0.4) is 0 Å². The van der Waals surface area contributed by atoms with Crippen molar-refractivity contribution >= 4 is 34.7 Å². The van der Waals surface area contributed by atoms with Crippen LogP contribution in [-0.4, -0.2) is 24.0 Å².